The standard InChI is InChI=1S/C16H19N3O2/c20-14-12-3-1-2-4-13(12)15(21)19(14)11-18-8-6-16(10-18)5-7-17-9-16/h1-4,17H,5-11H2. The van der Waals surface area contributed by atoms with Gasteiger partial charge in [0, 0.05) is 19.6 Å². The molecule has 2 amide bonds. The van der Waals surface area contributed by atoms with E-state index in [1.54, 1.807) is 12.1 Å². The molecular weight excluding hydrogens is 266 g/mol. The second-order valence-electron chi connectivity index (χ2n) is 6.45. The zero-order valence-corrected chi connectivity index (χ0v) is 12.0. The molecule has 4 rings (SSSR count). The molecule has 2 fully saturated rings. The van der Waals surface area contributed by atoms with Crippen molar-refractivity contribution in [3.05, 3.63) is 35.4 Å². The first-order valence-corrected chi connectivity index (χ1v) is 7.57. The number of benzene rings is 1. The highest BCUT2D eigenvalue weighted by Gasteiger charge is 2.43. The summed E-state index contributed by atoms with van der Waals surface area (Å²) in [7, 11) is 0. The normalized spacial score (nSPS) is 28.9. The first kappa shape index (κ1) is 13.0. The van der Waals surface area contributed by atoms with Crippen LogP contribution < -0.4 is 5.32 Å². The van der Waals surface area contributed by atoms with Gasteiger partial charge in [-0.3, -0.25) is 19.4 Å². The summed E-state index contributed by atoms with van der Waals surface area (Å²) in [6.45, 7) is 4.52. The van der Waals surface area contributed by atoms with Gasteiger partial charge in [-0.05, 0) is 36.9 Å². The van der Waals surface area contributed by atoms with Gasteiger partial charge in [0.25, 0.3) is 11.8 Å². The number of fused-ring (bicyclic) bond motifs is 1. The largest absolute Gasteiger partial charge is 0.316 e. The number of amides is 2. The van der Waals surface area contributed by atoms with Crippen LogP contribution in [0.15, 0.2) is 24.3 Å². The quantitative estimate of drug-likeness (QED) is 0.821. The summed E-state index contributed by atoms with van der Waals surface area (Å²) in [4.78, 5) is 28.4. The van der Waals surface area contributed by atoms with Crippen LogP contribution in [0.1, 0.15) is 33.6 Å². The smallest absolute Gasteiger partial charge is 0.262 e. The van der Waals surface area contributed by atoms with Crippen molar-refractivity contribution in [2.45, 2.75) is 12.8 Å². The van der Waals surface area contributed by atoms with E-state index >= 15 is 0 Å². The lowest BCUT2D eigenvalue weighted by atomic mass is 9.87. The van der Waals surface area contributed by atoms with Crippen molar-refractivity contribution in [2.24, 2.45) is 5.41 Å². The van der Waals surface area contributed by atoms with Gasteiger partial charge >= 0.3 is 0 Å². The van der Waals surface area contributed by atoms with E-state index in [0.717, 1.165) is 32.6 Å². The lowest BCUT2D eigenvalue weighted by Gasteiger charge is -2.25. The van der Waals surface area contributed by atoms with Gasteiger partial charge in [0.2, 0.25) is 0 Å². The monoisotopic (exact) mass is 285 g/mol. The average Bonchev–Trinajstić information content (AvgIpc) is 3.18. The molecule has 1 aromatic carbocycles. The number of hydrogen-bond donors (Lipinski definition) is 1. The van der Waals surface area contributed by atoms with Crippen LogP contribution in [-0.2, 0) is 0 Å². The molecule has 1 atom stereocenters. The molecule has 3 aliphatic heterocycles. The molecule has 1 aromatic rings. The predicted octanol–water partition coefficient (Wildman–Crippen LogP) is 0.925. The van der Waals surface area contributed by atoms with E-state index in [4.69, 9.17) is 0 Å². The summed E-state index contributed by atoms with van der Waals surface area (Å²) in [5.74, 6) is -0.304. The molecule has 21 heavy (non-hydrogen) atoms. The van der Waals surface area contributed by atoms with Crippen LogP contribution in [0.25, 0.3) is 0 Å². The van der Waals surface area contributed by atoms with Gasteiger partial charge in [-0.2, -0.15) is 0 Å². The molecule has 0 aliphatic carbocycles. The van der Waals surface area contributed by atoms with Crippen LogP contribution >= 0.6 is 0 Å². The van der Waals surface area contributed by atoms with Gasteiger partial charge in [0.1, 0.15) is 0 Å². The molecule has 3 aliphatic rings. The number of nitrogens with one attached hydrogen (secondary N) is 1. The minimum atomic E-state index is -0.152. The van der Waals surface area contributed by atoms with Crippen molar-refractivity contribution >= 4 is 11.8 Å². The molecule has 2 saturated heterocycles. The van der Waals surface area contributed by atoms with Crippen LogP contribution in [0.3, 0.4) is 0 Å². The fraction of sp³-hybridized carbons (Fsp3) is 0.500. The van der Waals surface area contributed by atoms with E-state index in [1.165, 1.54) is 11.3 Å². The molecule has 1 spiro atoms. The summed E-state index contributed by atoms with van der Waals surface area (Å²) in [5.41, 5.74) is 1.44. The lowest BCUT2D eigenvalue weighted by molar-refractivity contribution is 0.0554. The van der Waals surface area contributed by atoms with E-state index in [1.807, 2.05) is 12.1 Å². The third-order valence-electron chi connectivity index (χ3n) is 5.07. The Hall–Kier alpha value is -1.72. The number of carbonyl (C=O) groups is 2. The number of likely N-dealkylation sites (tertiary alicyclic amines) is 1. The molecule has 110 valence electrons. The second-order valence-corrected chi connectivity index (χ2v) is 6.45. The molecule has 0 saturated carbocycles. The van der Waals surface area contributed by atoms with Crippen molar-refractivity contribution in [2.75, 3.05) is 32.8 Å². The molecule has 1 unspecified atom stereocenters. The number of nitrogens with zero attached hydrogens (tertiary/aromatic N) is 2. The van der Waals surface area contributed by atoms with E-state index in [2.05, 4.69) is 10.2 Å². The number of hydrogen-bond acceptors (Lipinski definition) is 4. The minimum Gasteiger partial charge on any atom is -0.316 e. The highest BCUT2D eigenvalue weighted by molar-refractivity contribution is 6.21. The fourth-order valence-corrected chi connectivity index (χ4v) is 3.86. The summed E-state index contributed by atoms with van der Waals surface area (Å²) in [5, 5.41) is 3.43. The van der Waals surface area contributed by atoms with Crippen molar-refractivity contribution < 1.29 is 9.59 Å². The van der Waals surface area contributed by atoms with E-state index in [0.29, 0.717) is 23.2 Å². The summed E-state index contributed by atoms with van der Waals surface area (Å²) >= 11 is 0. The maximum atomic E-state index is 12.4. The number of carbonyl (C=O) groups excluding carboxylic acids is 2. The zero-order chi connectivity index (χ0) is 14.4. The van der Waals surface area contributed by atoms with Crippen LogP contribution in [0.5, 0.6) is 0 Å². The topological polar surface area (TPSA) is 52.7 Å². The maximum Gasteiger partial charge on any atom is 0.262 e. The summed E-state index contributed by atoms with van der Waals surface area (Å²) in [6.07, 6.45) is 2.36. The van der Waals surface area contributed by atoms with Crippen LogP contribution in [0.4, 0.5) is 0 Å². The van der Waals surface area contributed by atoms with Gasteiger partial charge in [-0.15, -0.1) is 0 Å². The third kappa shape index (κ3) is 2.00. The average molecular weight is 285 g/mol. The zero-order valence-electron chi connectivity index (χ0n) is 12.0. The van der Waals surface area contributed by atoms with E-state index in [-0.39, 0.29) is 11.8 Å². The maximum absolute atomic E-state index is 12.4. The van der Waals surface area contributed by atoms with Gasteiger partial charge in [0.15, 0.2) is 0 Å². The molecule has 1 N–H and O–H groups in total. The Balaban J connectivity index is 1.49. The molecule has 0 aromatic heterocycles. The highest BCUT2D eigenvalue weighted by Crippen LogP contribution is 2.36. The summed E-state index contributed by atoms with van der Waals surface area (Å²) in [6, 6.07) is 7.09. The van der Waals surface area contributed by atoms with Crippen LogP contribution in [-0.4, -0.2) is 54.5 Å². The summed E-state index contributed by atoms with van der Waals surface area (Å²) < 4.78 is 0. The van der Waals surface area contributed by atoms with Gasteiger partial charge in [-0.25, -0.2) is 0 Å². The molecule has 5 heteroatoms. The van der Waals surface area contributed by atoms with E-state index < -0.39 is 0 Å². The highest BCUT2D eigenvalue weighted by atomic mass is 16.2. The van der Waals surface area contributed by atoms with Crippen molar-refractivity contribution in [3.63, 3.8) is 0 Å². The second kappa shape index (κ2) is 4.64. The Labute approximate surface area is 123 Å². The molecule has 3 heterocycles. The lowest BCUT2D eigenvalue weighted by Crippen LogP contribution is -2.41. The van der Waals surface area contributed by atoms with Gasteiger partial charge < -0.3 is 5.32 Å². The van der Waals surface area contributed by atoms with Crippen molar-refractivity contribution in [3.8, 4) is 0 Å². The molecule has 0 bridgehead atoms. The Morgan fingerprint density at radius 3 is 2.43 bits per heavy atom. The van der Waals surface area contributed by atoms with Crippen molar-refractivity contribution in [1.82, 2.24) is 15.1 Å². The van der Waals surface area contributed by atoms with Gasteiger partial charge in [-0.1, -0.05) is 12.1 Å². The first-order chi connectivity index (χ1) is 10.2. The Morgan fingerprint density at radius 1 is 1.10 bits per heavy atom. The Kier molecular flexibility index (Phi) is 2.87. The molecule has 5 nitrogen and oxygen atoms in total. The third-order valence-corrected chi connectivity index (χ3v) is 5.07. The fourth-order valence-electron chi connectivity index (χ4n) is 3.86. The first-order valence-electron chi connectivity index (χ1n) is 7.57. The SMILES string of the molecule is O=C1c2ccccc2C(=O)N1CN1CCC2(CCNC2)C1. The predicted molar refractivity (Wildman–Crippen MR) is 77.9 cm³/mol. The van der Waals surface area contributed by atoms with E-state index in [9.17, 15) is 9.59 Å². The van der Waals surface area contributed by atoms with Crippen molar-refractivity contribution in [1.29, 1.82) is 0 Å². The Morgan fingerprint density at radius 2 is 1.81 bits per heavy atom. The van der Waals surface area contributed by atoms with Crippen LogP contribution in [0.2, 0.25) is 0 Å². The number of rotatable bonds is 2. The minimum absolute atomic E-state index is 0.152. The Bertz CT molecular complexity index is 572. The molecular formula is C16H19N3O2. The van der Waals surface area contributed by atoms with Crippen LogP contribution in [0, 0.1) is 5.41 Å². The van der Waals surface area contributed by atoms with Gasteiger partial charge in [0.05, 0.1) is 17.8 Å². The molecule has 0 radical (unpaired) electrons. The number of imide groups is 1.